The third kappa shape index (κ3) is 3.69. The van der Waals surface area contributed by atoms with Gasteiger partial charge in [-0.3, -0.25) is 0 Å². The van der Waals surface area contributed by atoms with Gasteiger partial charge >= 0.3 is 6.09 Å². The Kier molecular flexibility index (Phi) is 4.77. The maximum Gasteiger partial charge on any atom is 0.410 e. The molecule has 1 saturated heterocycles. The van der Waals surface area contributed by atoms with Gasteiger partial charge in [0.15, 0.2) is 11.4 Å². The van der Waals surface area contributed by atoms with Crippen LogP contribution < -0.4 is 4.90 Å². The summed E-state index contributed by atoms with van der Waals surface area (Å²) in [4.78, 5) is 24.1. The minimum atomic E-state index is -1.25. The van der Waals surface area contributed by atoms with Crippen molar-refractivity contribution in [2.75, 3.05) is 25.0 Å². The molecule has 0 bridgehead atoms. The molecule has 0 radical (unpaired) electrons. The standard InChI is InChI=1S/C20H22ClFN4O3/c1-20(2,3)29-19(27)25(4)14-9-26(8-13(14)22)18-17-16(23-10-24-18)12-7-11(21)5-6-15(12)28-17/h5-7,10,13-14H,8-9H2,1-4H3. The van der Waals surface area contributed by atoms with E-state index in [0.717, 1.165) is 5.39 Å². The van der Waals surface area contributed by atoms with Crippen molar-refractivity contribution in [2.45, 2.75) is 38.6 Å². The number of anilines is 1. The van der Waals surface area contributed by atoms with Crippen LogP contribution in [0.4, 0.5) is 15.0 Å². The molecule has 0 spiro atoms. The fourth-order valence-corrected chi connectivity index (χ4v) is 3.69. The van der Waals surface area contributed by atoms with Gasteiger partial charge in [0.05, 0.1) is 12.6 Å². The van der Waals surface area contributed by atoms with E-state index in [4.69, 9.17) is 20.8 Å². The summed E-state index contributed by atoms with van der Waals surface area (Å²) in [5.41, 5.74) is 1.07. The predicted molar refractivity (Wildman–Crippen MR) is 109 cm³/mol. The summed E-state index contributed by atoms with van der Waals surface area (Å²) in [6.07, 6.45) is -0.388. The molecule has 2 aromatic heterocycles. The van der Waals surface area contributed by atoms with Crippen molar-refractivity contribution in [3.63, 3.8) is 0 Å². The Morgan fingerprint density at radius 3 is 2.83 bits per heavy atom. The van der Waals surface area contributed by atoms with Crippen LogP contribution in [0.2, 0.25) is 5.02 Å². The lowest BCUT2D eigenvalue weighted by molar-refractivity contribution is 0.0183. The molecule has 9 heteroatoms. The molecule has 29 heavy (non-hydrogen) atoms. The van der Waals surface area contributed by atoms with E-state index in [0.29, 0.717) is 27.5 Å². The van der Waals surface area contributed by atoms with Gasteiger partial charge in [-0.05, 0) is 39.0 Å². The SMILES string of the molecule is CN(C(=O)OC(C)(C)C)C1CN(c2ncnc3c2oc2ccc(Cl)cc23)CC1F. The second-order valence-corrected chi connectivity index (χ2v) is 8.63. The first kappa shape index (κ1) is 19.7. The highest BCUT2D eigenvalue weighted by atomic mass is 35.5. The molecule has 2 atom stereocenters. The Balaban J connectivity index is 1.64. The van der Waals surface area contributed by atoms with Crippen LogP contribution >= 0.6 is 11.6 Å². The largest absolute Gasteiger partial charge is 0.450 e. The minimum absolute atomic E-state index is 0.0850. The van der Waals surface area contributed by atoms with Crippen LogP contribution in [-0.4, -0.2) is 58.9 Å². The van der Waals surface area contributed by atoms with E-state index < -0.39 is 23.9 Å². The Hall–Kier alpha value is -2.61. The topological polar surface area (TPSA) is 71.7 Å². The molecular formula is C20H22ClFN4O3. The number of aromatic nitrogens is 2. The highest BCUT2D eigenvalue weighted by molar-refractivity contribution is 6.31. The maximum absolute atomic E-state index is 14.8. The number of likely N-dealkylation sites (N-methyl/N-ethyl adjacent to an activating group) is 1. The van der Waals surface area contributed by atoms with Crippen molar-refractivity contribution in [1.29, 1.82) is 0 Å². The number of carbonyl (C=O) groups is 1. The summed E-state index contributed by atoms with van der Waals surface area (Å²) in [7, 11) is 1.55. The minimum Gasteiger partial charge on any atom is -0.450 e. The summed E-state index contributed by atoms with van der Waals surface area (Å²) in [5, 5.41) is 1.35. The third-order valence-electron chi connectivity index (χ3n) is 4.89. The first-order valence-electron chi connectivity index (χ1n) is 9.31. The lowest BCUT2D eigenvalue weighted by atomic mass is 10.2. The molecule has 1 aromatic carbocycles. The second kappa shape index (κ2) is 7.02. The van der Waals surface area contributed by atoms with Gasteiger partial charge in [-0.15, -0.1) is 0 Å². The van der Waals surface area contributed by atoms with E-state index in [1.54, 1.807) is 50.9 Å². The number of fused-ring (bicyclic) bond motifs is 3. The Bertz CT molecular complexity index is 1080. The Morgan fingerprint density at radius 2 is 2.10 bits per heavy atom. The lowest BCUT2D eigenvalue weighted by Gasteiger charge is -2.29. The van der Waals surface area contributed by atoms with Gasteiger partial charge in [-0.25, -0.2) is 19.2 Å². The number of hydrogen-bond donors (Lipinski definition) is 0. The van der Waals surface area contributed by atoms with E-state index in [2.05, 4.69) is 9.97 Å². The van der Waals surface area contributed by atoms with Gasteiger partial charge in [0.25, 0.3) is 0 Å². The fraction of sp³-hybridized carbons (Fsp3) is 0.450. The van der Waals surface area contributed by atoms with Gasteiger partial charge in [0.2, 0.25) is 0 Å². The molecule has 2 unspecified atom stereocenters. The average Bonchev–Trinajstić information content (AvgIpc) is 3.20. The van der Waals surface area contributed by atoms with E-state index in [9.17, 15) is 9.18 Å². The highest BCUT2D eigenvalue weighted by Gasteiger charge is 2.40. The summed E-state index contributed by atoms with van der Waals surface area (Å²) >= 11 is 6.10. The molecule has 0 aliphatic carbocycles. The molecule has 7 nitrogen and oxygen atoms in total. The molecule has 1 aliphatic rings. The van der Waals surface area contributed by atoms with Crippen LogP contribution in [0.3, 0.4) is 0 Å². The number of amides is 1. The van der Waals surface area contributed by atoms with Crippen LogP contribution in [0, 0.1) is 0 Å². The lowest BCUT2D eigenvalue weighted by Crippen LogP contribution is -2.45. The van der Waals surface area contributed by atoms with Crippen molar-refractivity contribution in [3.05, 3.63) is 29.5 Å². The van der Waals surface area contributed by atoms with Crippen molar-refractivity contribution in [1.82, 2.24) is 14.9 Å². The number of alkyl halides is 1. The number of furan rings is 1. The normalized spacial score (nSPS) is 19.9. The molecule has 4 rings (SSSR count). The van der Waals surface area contributed by atoms with Gasteiger partial charge in [0.1, 0.15) is 29.2 Å². The van der Waals surface area contributed by atoms with Crippen LogP contribution in [0.15, 0.2) is 28.9 Å². The molecule has 154 valence electrons. The van der Waals surface area contributed by atoms with Crippen molar-refractivity contribution < 1.29 is 18.3 Å². The van der Waals surface area contributed by atoms with Crippen molar-refractivity contribution >= 4 is 45.6 Å². The summed E-state index contributed by atoms with van der Waals surface area (Å²) in [6.45, 7) is 5.68. The Morgan fingerprint density at radius 1 is 1.34 bits per heavy atom. The van der Waals surface area contributed by atoms with Crippen LogP contribution in [-0.2, 0) is 4.74 Å². The zero-order valence-corrected chi connectivity index (χ0v) is 17.4. The smallest absolute Gasteiger partial charge is 0.410 e. The number of benzene rings is 1. The van der Waals surface area contributed by atoms with Crippen molar-refractivity contribution in [3.8, 4) is 0 Å². The van der Waals surface area contributed by atoms with E-state index in [1.807, 2.05) is 0 Å². The monoisotopic (exact) mass is 420 g/mol. The number of hydrogen-bond acceptors (Lipinski definition) is 6. The highest BCUT2D eigenvalue weighted by Crippen LogP contribution is 2.35. The quantitative estimate of drug-likeness (QED) is 0.611. The van der Waals surface area contributed by atoms with Crippen LogP contribution in [0.5, 0.6) is 0 Å². The molecule has 1 aliphatic heterocycles. The first-order valence-corrected chi connectivity index (χ1v) is 9.69. The zero-order valence-electron chi connectivity index (χ0n) is 16.6. The van der Waals surface area contributed by atoms with Gasteiger partial charge < -0.3 is 19.0 Å². The molecule has 3 aromatic rings. The molecule has 3 heterocycles. The van der Waals surface area contributed by atoms with Gasteiger partial charge in [0, 0.05) is 24.0 Å². The number of nitrogens with zero attached hydrogens (tertiary/aromatic N) is 4. The number of carbonyl (C=O) groups excluding carboxylic acids is 1. The van der Waals surface area contributed by atoms with Crippen LogP contribution in [0.25, 0.3) is 22.1 Å². The molecule has 0 N–H and O–H groups in total. The molecule has 1 amide bonds. The van der Waals surface area contributed by atoms with E-state index >= 15 is 0 Å². The number of halogens is 2. The van der Waals surface area contributed by atoms with Crippen LogP contribution in [0.1, 0.15) is 20.8 Å². The van der Waals surface area contributed by atoms with E-state index in [-0.39, 0.29) is 13.1 Å². The number of rotatable bonds is 2. The Labute approximate surface area is 172 Å². The summed E-state index contributed by atoms with van der Waals surface area (Å²) in [5.74, 6) is 0.491. The molecule has 1 fully saturated rings. The fourth-order valence-electron chi connectivity index (χ4n) is 3.52. The van der Waals surface area contributed by atoms with Gasteiger partial charge in [-0.2, -0.15) is 0 Å². The van der Waals surface area contributed by atoms with Crippen molar-refractivity contribution in [2.24, 2.45) is 0 Å². The third-order valence-corrected chi connectivity index (χ3v) is 5.13. The van der Waals surface area contributed by atoms with E-state index in [1.165, 1.54) is 11.2 Å². The summed E-state index contributed by atoms with van der Waals surface area (Å²) in [6, 6.07) is 4.62. The average molecular weight is 421 g/mol. The first-order chi connectivity index (χ1) is 13.6. The van der Waals surface area contributed by atoms with Gasteiger partial charge in [-0.1, -0.05) is 11.6 Å². The number of ether oxygens (including phenoxy) is 1. The summed E-state index contributed by atoms with van der Waals surface area (Å²) < 4.78 is 26.2. The molecule has 0 saturated carbocycles. The molecular weight excluding hydrogens is 399 g/mol. The zero-order chi connectivity index (χ0) is 20.9. The predicted octanol–water partition coefficient (Wildman–Crippen LogP) is 4.42. The maximum atomic E-state index is 14.8. The second-order valence-electron chi connectivity index (χ2n) is 8.20.